The number of aromatic amines is 1. The zero-order valence-electron chi connectivity index (χ0n) is 11.3. The fraction of sp³-hybridized carbons (Fsp3) is 0.400. The molecule has 2 N–H and O–H groups in total. The number of halogens is 1. The van der Waals surface area contributed by atoms with Gasteiger partial charge in [0, 0.05) is 49.7 Å². The Morgan fingerprint density at radius 3 is 2.90 bits per heavy atom. The number of piperazine rings is 1. The minimum atomic E-state index is -0.247. The van der Waals surface area contributed by atoms with Crippen LogP contribution in [-0.2, 0) is 11.2 Å². The Morgan fingerprint density at radius 2 is 2.10 bits per heavy atom. The molecule has 5 heteroatoms. The smallest absolute Gasteiger partial charge is 0.222 e. The molecular formula is C15H18FN3O. The Balaban J connectivity index is 1.66. The average molecular weight is 275 g/mol. The summed E-state index contributed by atoms with van der Waals surface area (Å²) in [5.41, 5.74) is 1.86. The molecule has 0 atom stereocenters. The number of H-pyrrole nitrogens is 1. The lowest BCUT2D eigenvalue weighted by atomic mass is 10.1. The van der Waals surface area contributed by atoms with Gasteiger partial charge in [0.2, 0.25) is 5.91 Å². The third-order valence-corrected chi connectivity index (χ3v) is 3.81. The Morgan fingerprint density at radius 1 is 1.30 bits per heavy atom. The van der Waals surface area contributed by atoms with Crippen molar-refractivity contribution in [2.45, 2.75) is 12.8 Å². The van der Waals surface area contributed by atoms with Crippen LogP contribution in [0.1, 0.15) is 12.0 Å². The van der Waals surface area contributed by atoms with Crippen LogP contribution in [0.5, 0.6) is 0 Å². The summed E-state index contributed by atoms with van der Waals surface area (Å²) in [5.74, 6) is -0.0502. The van der Waals surface area contributed by atoms with Crippen LogP contribution in [0, 0.1) is 5.82 Å². The highest BCUT2D eigenvalue weighted by atomic mass is 19.1. The van der Waals surface area contributed by atoms with E-state index in [4.69, 9.17) is 0 Å². The molecule has 0 spiro atoms. The van der Waals surface area contributed by atoms with Crippen molar-refractivity contribution in [1.29, 1.82) is 0 Å². The first-order chi connectivity index (χ1) is 9.74. The predicted molar refractivity (Wildman–Crippen MR) is 76.0 cm³/mol. The second kappa shape index (κ2) is 5.63. The fourth-order valence-corrected chi connectivity index (χ4v) is 2.68. The summed E-state index contributed by atoms with van der Waals surface area (Å²) < 4.78 is 13.1. The van der Waals surface area contributed by atoms with E-state index in [0.717, 1.165) is 42.6 Å². The molecule has 1 aromatic heterocycles. The summed E-state index contributed by atoms with van der Waals surface area (Å²) in [6.07, 6.45) is 3.06. The number of rotatable bonds is 3. The standard InChI is InChI=1S/C15H18FN3O/c16-12-2-3-13-11(10-18-14(13)9-12)1-4-15(20)19-7-5-17-6-8-19/h2-3,9-10,17-18H,1,4-8H2. The number of amides is 1. The van der Waals surface area contributed by atoms with Crippen molar-refractivity contribution in [3.05, 3.63) is 35.8 Å². The van der Waals surface area contributed by atoms with E-state index in [-0.39, 0.29) is 11.7 Å². The molecule has 2 heterocycles. The van der Waals surface area contributed by atoms with Crippen LogP contribution in [0.15, 0.2) is 24.4 Å². The summed E-state index contributed by atoms with van der Waals surface area (Å²) in [5, 5.41) is 4.23. The minimum absolute atomic E-state index is 0.197. The van der Waals surface area contributed by atoms with E-state index in [9.17, 15) is 9.18 Å². The summed E-state index contributed by atoms with van der Waals surface area (Å²) in [6.45, 7) is 3.33. The Bertz CT molecular complexity index is 617. The lowest BCUT2D eigenvalue weighted by Gasteiger charge is -2.27. The van der Waals surface area contributed by atoms with Gasteiger partial charge in [-0.1, -0.05) is 0 Å². The van der Waals surface area contributed by atoms with Gasteiger partial charge in [-0.15, -0.1) is 0 Å². The maximum Gasteiger partial charge on any atom is 0.222 e. The average Bonchev–Trinajstić information content (AvgIpc) is 2.88. The molecule has 1 aliphatic heterocycles. The van der Waals surface area contributed by atoms with E-state index in [1.165, 1.54) is 12.1 Å². The first-order valence-corrected chi connectivity index (χ1v) is 6.98. The predicted octanol–water partition coefficient (Wildman–Crippen LogP) is 1.67. The van der Waals surface area contributed by atoms with Gasteiger partial charge in [-0.25, -0.2) is 4.39 Å². The number of benzene rings is 1. The van der Waals surface area contributed by atoms with Crippen LogP contribution >= 0.6 is 0 Å². The zero-order chi connectivity index (χ0) is 13.9. The number of carbonyl (C=O) groups excluding carboxylic acids is 1. The molecule has 4 nitrogen and oxygen atoms in total. The van der Waals surface area contributed by atoms with Crippen molar-refractivity contribution >= 4 is 16.8 Å². The summed E-state index contributed by atoms with van der Waals surface area (Å²) in [4.78, 5) is 17.1. The topological polar surface area (TPSA) is 48.1 Å². The van der Waals surface area contributed by atoms with Gasteiger partial charge in [-0.2, -0.15) is 0 Å². The lowest BCUT2D eigenvalue weighted by Crippen LogP contribution is -2.46. The Kier molecular flexibility index (Phi) is 3.69. The molecule has 1 aliphatic rings. The van der Waals surface area contributed by atoms with Gasteiger partial charge in [0.1, 0.15) is 5.82 Å². The second-order valence-corrected chi connectivity index (χ2v) is 5.13. The van der Waals surface area contributed by atoms with Crippen LogP contribution in [0.4, 0.5) is 4.39 Å². The third-order valence-electron chi connectivity index (χ3n) is 3.81. The molecule has 0 radical (unpaired) electrons. The summed E-state index contributed by atoms with van der Waals surface area (Å²) in [7, 11) is 0. The number of fused-ring (bicyclic) bond motifs is 1. The zero-order valence-corrected chi connectivity index (χ0v) is 11.3. The molecule has 1 amide bonds. The summed E-state index contributed by atoms with van der Waals surface area (Å²) >= 11 is 0. The number of hydrogen-bond acceptors (Lipinski definition) is 2. The molecule has 1 saturated heterocycles. The molecule has 1 fully saturated rings. The van der Waals surface area contributed by atoms with Crippen LogP contribution in [0.2, 0.25) is 0 Å². The van der Waals surface area contributed by atoms with Gasteiger partial charge in [0.25, 0.3) is 0 Å². The quantitative estimate of drug-likeness (QED) is 0.895. The SMILES string of the molecule is O=C(CCc1c[nH]c2cc(F)ccc12)N1CCNCC1. The number of aryl methyl sites for hydroxylation is 1. The largest absolute Gasteiger partial charge is 0.361 e. The van der Waals surface area contributed by atoms with Gasteiger partial charge < -0.3 is 15.2 Å². The molecule has 0 saturated carbocycles. The maximum absolute atomic E-state index is 13.1. The molecule has 0 aliphatic carbocycles. The highest BCUT2D eigenvalue weighted by Gasteiger charge is 2.16. The number of aromatic nitrogens is 1. The van der Waals surface area contributed by atoms with Crippen molar-refractivity contribution in [1.82, 2.24) is 15.2 Å². The van der Waals surface area contributed by atoms with Crippen molar-refractivity contribution < 1.29 is 9.18 Å². The van der Waals surface area contributed by atoms with Crippen LogP contribution in [0.3, 0.4) is 0 Å². The van der Waals surface area contributed by atoms with E-state index in [1.54, 1.807) is 6.07 Å². The first kappa shape index (κ1) is 13.1. The number of nitrogens with zero attached hydrogens (tertiary/aromatic N) is 1. The molecule has 20 heavy (non-hydrogen) atoms. The fourth-order valence-electron chi connectivity index (χ4n) is 2.68. The molecule has 3 rings (SSSR count). The Labute approximate surface area is 117 Å². The highest BCUT2D eigenvalue weighted by molar-refractivity contribution is 5.84. The lowest BCUT2D eigenvalue weighted by molar-refractivity contribution is -0.131. The van der Waals surface area contributed by atoms with Crippen molar-refractivity contribution in [2.75, 3.05) is 26.2 Å². The number of hydrogen-bond donors (Lipinski definition) is 2. The van der Waals surface area contributed by atoms with Crippen LogP contribution in [-0.4, -0.2) is 42.0 Å². The van der Waals surface area contributed by atoms with Crippen molar-refractivity contribution in [2.24, 2.45) is 0 Å². The number of carbonyl (C=O) groups is 1. The molecule has 106 valence electrons. The third kappa shape index (κ3) is 2.67. The van der Waals surface area contributed by atoms with E-state index >= 15 is 0 Å². The second-order valence-electron chi connectivity index (χ2n) is 5.13. The van der Waals surface area contributed by atoms with Gasteiger partial charge in [0.05, 0.1) is 0 Å². The van der Waals surface area contributed by atoms with E-state index < -0.39 is 0 Å². The van der Waals surface area contributed by atoms with E-state index in [1.807, 2.05) is 11.1 Å². The minimum Gasteiger partial charge on any atom is -0.361 e. The van der Waals surface area contributed by atoms with Gasteiger partial charge in [-0.05, 0) is 30.2 Å². The highest BCUT2D eigenvalue weighted by Crippen LogP contribution is 2.20. The monoisotopic (exact) mass is 275 g/mol. The van der Waals surface area contributed by atoms with Crippen LogP contribution in [0.25, 0.3) is 10.9 Å². The van der Waals surface area contributed by atoms with Gasteiger partial charge >= 0.3 is 0 Å². The van der Waals surface area contributed by atoms with Crippen molar-refractivity contribution in [3.63, 3.8) is 0 Å². The normalized spacial score (nSPS) is 15.8. The number of nitrogens with one attached hydrogen (secondary N) is 2. The Hall–Kier alpha value is -1.88. The molecule has 1 aromatic carbocycles. The summed E-state index contributed by atoms with van der Waals surface area (Å²) in [6, 6.07) is 4.71. The maximum atomic E-state index is 13.1. The molecule has 0 bridgehead atoms. The van der Waals surface area contributed by atoms with E-state index in [0.29, 0.717) is 12.8 Å². The van der Waals surface area contributed by atoms with Crippen LogP contribution < -0.4 is 5.32 Å². The van der Waals surface area contributed by atoms with Gasteiger partial charge in [-0.3, -0.25) is 4.79 Å². The molecule has 0 unspecified atom stereocenters. The first-order valence-electron chi connectivity index (χ1n) is 6.98. The van der Waals surface area contributed by atoms with E-state index in [2.05, 4.69) is 10.3 Å². The van der Waals surface area contributed by atoms with Gasteiger partial charge in [0.15, 0.2) is 0 Å². The molecule has 2 aromatic rings. The van der Waals surface area contributed by atoms with Crippen molar-refractivity contribution in [3.8, 4) is 0 Å². The molecular weight excluding hydrogens is 257 g/mol.